The molecule has 36 heavy (non-hydrogen) atoms. The van der Waals surface area contributed by atoms with Crippen LogP contribution in [0.4, 0.5) is 10.5 Å². The quantitative estimate of drug-likeness (QED) is 0.488. The van der Waals surface area contributed by atoms with Crippen LogP contribution in [-0.4, -0.2) is 83.2 Å². The van der Waals surface area contributed by atoms with E-state index in [2.05, 4.69) is 5.32 Å². The van der Waals surface area contributed by atoms with Crippen LogP contribution in [0.2, 0.25) is 0 Å². The maximum absolute atomic E-state index is 12.9. The van der Waals surface area contributed by atoms with Crippen molar-refractivity contribution in [1.29, 1.82) is 0 Å². The third-order valence-electron chi connectivity index (χ3n) is 6.26. The molecule has 10 nitrogen and oxygen atoms in total. The van der Waals surface area contributed by atoms with E-state index >= 15 is 0 Å². The smallest absolute Gasteiger partial charge is 0.330 e. The zero-order valence-electron chi connectivity index (χ0n) is 20.2. The van der Waals surface area contributed by atoms with Gasteiger partial charge in [0.2, 0.25) is 0 Å². The van der Waals surface area contributed by atoms with Gasteiger partial charge in [-0.15, -0.1) is 0 Å². The first-order valence-electron chi connectivity index (χ1n) is 11.8. The Hall–Kier alpha value is -4.21. The molecule has 0 aromatic heterocycles. The van der Waals surface area contributed by atoms with Crippen LogP contribution in [0, 0.1) is 5.92 Å². The Morgan fingerprint density at radius 3 is 1.92 bits per heavy atom. The average Bonchev–Trinajstić information content (AvgIpc) is 3.13. The van der Waals surface area contributed by atoms with E-state index < -0.39 is 42.3 Å². The molecule has 0 saturated carbocycles. The van der Waals surface area contributed by atoms with Gasteiger partial charge in [0, 0.05) is 31.9 Å². The van der Waals surface area contributed by atoms with Crippen molar-refractivity contribution in [3.05, 3.63) is 65.7 Å². The normalized spacial score (nSPS) is 16.1. The second kappa shape index (κ2) is 10.6. The molecule has 2 aromatic rings. The summed E-state index contributed by atoms with van der Waals surface area (Å²) in [5, 5.41) is 2.81. The first-order chi connectivity index (χ1) is 17.3. The predicted molar refractivity (Wildman–Crippen MR) is 130 cm³/mol. The van der Waals surface area contributed by atoms with E-state index in [4.69, 9.17) is 4.74 Å². The molecule has 10 heteroatoms. The van der Waals surface area contributed by atoms with Crippen molar-refractivity contribution in [3.63, 3.8) is 0 Å². The van der Waals surface area contributed by atoms with Gasteiger partial charge in [0.25, 0.3) is 17.7 Å². The summed E-state index contributed by atoms with van der Waals surface area (Å²) in [6, 6.07) is 14.1. The number of hydrogen-bond donors (Lipinski definition) is 1. The van der Waals surface area contributed by atoms with E-state index in [1.54, 1.807) is 55.1 Å². The molecule has 1 saturated heterocycles. The molecule has 2 aromatic carbocycles. The van der Waals surface area contributed by atoms with Gasteiger partial charge in [-0.3, -0.25) is 19.3 Å². The van der Waals surface area contributed by atoms with E-state index in [1.165, 1.54) is 4.90 Å². The lowest BCUT2D eigenvalue weighted by atomic mass is 10.0. The number of carbonyl (C=O) groups excluding carboxylic acids is 5. The number of nitrogens with one attached hydrogen (secondary N) is 1. The van der Waals surface area contributed by atoms with Gasteiger partial charge in [-0.05, 0) is 30.2 Å². The maximum atomic E-state index is 12.9. The lowest BCUT2D eigenvalue weighted by molar-refractivity contribution is -0.156. The van der Waals surface area contributed by atoms with E-state index in [9.17, 15) is 24.0 Å². The van der Waals surface area contributed by atoms with Crippen LogP contribution in [0.5, 0.6) is 0 Å². The third-order valence-corrected chi connectivity index (χ3v) is 6.26. The molecule has 0 aliphatic carbocycles. The summed E-state index contributed by atoms with van der Waals surface area (Å²) in [5.41, 5.74) is 1.17. The summed E-state index contributed by atoms with van der Waals surface area (Å²) in [6.07, 6.45) is 0. The van der Waals surface area contributed by atoms with Gasteiger partial charge in [0.1, 0.15) is 6.04 Å². The highest BCUT2D eigenvalue weighted by Gasteiger charge is 2.44. The molecule has 2 aliphatic heterocycles. The average molecular weight is 493 g/mol. The molecule has 0 unspecified atom stereocenters. The van der Waals surface area contributed by atoms with E-state index in [0.29, 0.717) is 31.9 Å². The molecule has 2 aliphatic rings. The van der Waals surface area contributed by atoms with Crippen molar-refractivity contribution in [3.8, 4) is 0 Å². The molecule has 1 fully saturated rings. The van der Waals surface area contributed by atoms with Crippen molar-refractivity contribution >= 4 is 35.4 Å². The lowest BCUT2D eigenvalue weighted by Gasteiger charge is -2.34. The molecule has 1 atom stereocenters. The highest BCUT2D eigenvalue weighted by atomic mass is 16.5. The van der Waals surface area contributed by atoms with Gasteiger partial charge in [0.05, 0.1) is 11.1 Å². The van der Waals surface area contributed by atoms with Crippen LogP contribution < -0.4 is 5.32 Å². The lowest BCUT2D eigenvalue weighted by Crippen LogP contribution is -2.53. The van der Waals surface area contributed by atoms with E-state index in [-0.39, 0.29) is 17.2 Å². The number of piperazine rings is 1. The molecule has 0 bridgehead atoms. The van der Waals surface area contributed by atoms with Crippen LogP contribution in [0.3, 0.4) is 0 Å². The van der Waals surface area contributed by atoms with Gasteiger partial charge < -0.3 is 19.9 Å². The molecule has 0 spiro atoms. The highest BCUT2D eigenvalue weighted by molar-refractivity contribution is 6.22. The number of esters is 1. The number of amides is 5. The number of ether oxygens (including phenoxy) is 1. The molecule has 0 radical (unpaired) electrons. The van der Waals surface area contributed by atoms with E-state index in [1.807, 2.05) is 18.2 Å². The zero-order valence-corrected chi connectivity index (χ0v) is 20.2. The van der Waals surface area contributed by atoms with Crippen molar-refractivity contribution in [2.24, 2.45) is 5.92 Å². The SMILES string of the molecule is CC(C)[C@@H](C(=O)OCC(=O)N1CCN(C(=O)Nc2ccccc2)CC1)N1C(=O)c2ccccc2C1=O. The fourth-order valence-electron chi connectivity index (χ4n) is 4.33. The zero-order chi connectivity index (χ0) is 25.8. The number of nitrogens with zero attached hydrogens (tertiary/aromatic N) is 3. The number of rotatable bonds is 6. The first-order valence-corrected chi connectivity index (χ1v) is 11.8. The number of fused-ring (bicyclic) bond motifs is 1. The van der Waals surface area contributed by atoms with Crippen molar-refractivity contribution in [1.82, 2.24) is 14.7 Å². The second-order valence-electron chi connectivity index (χ2n) is 8.99. The number of anilines is 1. The summed E-state index contributed by atoms with van der Waals surface area (Å²) in [7, 11) is 0. The summed E-state index contributed by atoms with van der Waals surface area (Å²) in [4.78, 5) is 67.7. The Bertz CT molecular complexity index is 1140. The number of benzene rings is 2. The Kier molecular flexibility index (Phi) is 7.33. The largest absolute Gasteiger partial charge is 0.454 e. The molecule has 188 valence electrons. The van der Waals surface area contributed by atoms with Crippen LogP contribution in [0.25, 0.3) is 0 Å². The standard InChI is InChI=1S/C26H28N4O6/c1-17(2)22(30-23(32)19-10-6-7-11-20(19)24(30)33)25(34)36-16-21(31)28-12-14-29(15-13-28)26(35)27-18-8-4-3-5-9-18/h3-11,17,22H,12-16H2,1-2H3,(H,27,35)/t22-/m0/s1. The monoisotopic (exact) mass is 492 g/mol. The minimum Gasteiger partial charge on any atom is -0.454 e. The summed E-state index contributed by atoms with van der Waals surface area (Å²) >= 11 is 0. The van der Waals surface area contributed by atoms with Crippen LogP contribution in [0.1, 0.15) is 34.6 Å². The van der Waals surface area contributed by atoms with Crippen LogP contribution in [-0.2, 0) is 14.3 Å². The Morgan fingerprint density at radius 2 is 1.36 bits per heavy atom. The molecular formula is C26H28N4O6. The van der Waals surface area contributed by atoms with Gasteiger partial charge in [0.15, 0.2) is 6.61 Å². The third kappa shape index (κ3) is 5.07. The number of imide groups is 1. The van der Waals surface area contributed by atoms with Crippen molar-refractivity contribution in [2.45, 2.75) is 19.9 Å². The number of hydrogen-bond acceptors (Lipinski definition) is 6. The maximum Gasteiger partial charge on any atom is 0.330 e. The molecular weight excluding hydrogens is 464 g/mol. The topological polar surface area (TPSA) is 116 Å². The van der Waals surface area contributed by atoms with Gasteiger partial charge >= 0.3 is 12.0 Å². The number of para-hydroxylation sites is 1. The molecule has 2 heterocycles. The van der Waals surface area contributed by atoms with E-state index in [0.717, 1.165) is 4.90 Å². The Labute approximate surface area is 208 Å². The molecule has 5 amide bonds. The van der Waals surface area contributed by atoms with Crippen LogP contribution in [0.15, 0.2) is 54.6 Å². The predicted octanol–water partition coefficient (Wildman–Crippen LogP) is 2.23. The van der Waals surface area contributed by atoms with Gasteiger partial charge in [-0.1, -0.05) is 44.2 Å². The Morgan fingerprint density at radius 1 is 0.833 bits per heavy atom. The summed E-state index contributed by atoms with van der Waals surface area (Å²) in [5.74, 6) is -2.74. The van der Waals surface area contributed by atoms with Crippen LogP contribution >= 0.6 is 0 Å². The number of carbonyl (C=O) groups is 5. The van der Waals surface area contributed by atoms with Gasteiger partial charge in [-0.25, -0.2) is 9.59 Å². The number of urea groups is 1. The molecule has 1 N–H and O–H groups in total. The fraction of sp³-hybridized carbons (Fsp3) is 0.346. The summed E-state index contributed by atoms with van der Waals surface area (Å²) < 4.78 is 5.27. The van der Waals surface area contributed by atoms with Crippen molar-refractivity contribution < 1.29 is 28.7 Å². The van der Waals surface area contributed by atoms with Gasteiger partial charge in [-0.2, -0.15) is 0 Å². The van der Waals surface area contributed by atoms with Crippen molar-refractivity contribution in [2.75, 3.05) is 38.1 Å². The minimum atomic E-state index is -1.15. The first kappa shape index (κ1) is 24.9. The fourth-order valence-corrected chi connectivity index (χ4v) is 4.33. The highest BCUT2D eigenvalue weighted by Crippen LogP contribution is 2.27. The summed E-state index contributed by atoms with van der Waals surface area (Å²) in [6.45, 7) is 4.16. The molecule has 4 rings (SSSR count). The minimum absolute atomic E-state index is 0.242. The second-order valence-corrected chi connectivity index (χ2v) is 8.99. The Balaban J connectivity index is 1.30.